The quantitative estimate of drug-likeness (QED) is 0.395. The minimum atomic E-state index is -0.499. The summed E-state index contributed by atoms with van der Waals surface area (Å²) < 4.78 is 1.22. The van der Waals surface area contributed by atoms with E-state index in [0.717, 1.165) is 16.8 Å². The molecule has 30 heavy (non-hydrogen) atoms. The number of H-pyrrole nitrogens is 1. The van der Waals surface area contributed by atoms with Crippen LogP contribution in [0.15, 0.2) is 59.0 Å². The number of hydrogen-bond donors (Lipinski definition) is 3. The minimum absolute atomic E-state index is 0.00950. The van der Waals surface area contributed by atoms with Gasteiger partial charge in [0.05, 0.1) is 28.6 Å². The number of anilines is 1. The number of benzene rings is 2. The Hall–Kier alpha value is -3.69. The average molecular weight is 437 g/mol. The van der Waals surface area contributed by atoms with Crippen LogP contribution in [0.4, 0.5) is 5.13 Å². The predicted molar refractivity (Wildman–Crippen MR) is 117 cm³/mol. The maximum Gasteiger partial charge on any atom is 0.278 e. The van der Waals surface area contributed by atoms with Gasteiger partial charge in [-0.2, -0.15) is 0 Å². The van der Waals surface area contributed by atoms with E-state index >= 15 is 0 Å². The predicted octanol–water partition coefficient (Wildman–Crippen LogP) is 3.84. The van der Waals surface area contributed by atoms with Crippen LogP contribution in [0.25, 0.3) is 39.0 Å². The topological polar surface area (TPSA) is 123 Å². The summed E-state index contributed by atoms with van der Waals surface area (Å²) in [7, 11) is 0. The van der Waals surface area contributed by atoms with Gasteiger partial charge in [-0.25, -0.2) is 9.67 Å². The fraction of sp³-hybridized carbons (Fsp3) is 0. The van der Waals surface area contributed by atoms with E-state index in [1.54, 1.807) is 12.1 Å². The molecule has 0 saturated carbocycles. The van der Waals surface area contributed by atoms with Gasteiger partial charge in [0.25, 0.3) is 5.56 Å². The Morgan fingerprint density at radius 3 is 2.60 bits per heavy atom. The summed E-state index contributed by atoms with van der Waals surface area (Å²) >= 11 is 7.87. The van der Waals surface area contributed by atoms with Crippen molar-refractivity contribution in [1.82, 2.24) is 25.0 Å². The number of nitrogens with zero attached hydrogens (tertiary/aromatic N) is 4. The monoisotopic (exact) mass is 436 g/mol. The second-order valence-corrected chi connectivity index (χ2v) is 7.82. The maximum atomic E-state index is 12.4. The third kappa shape index (κ3) is 3.00. The van der Waals surface area contributed by atoms with E-state index < -0.39 is 5.56 Å². The molecule has 2 aromatic carbocycles. The second kappa shape index (κ2) is 6.97. The van der Waals surface area contributed by atoms with Crippen LogP contribution in [0.1, 0.15) is 0 Å². The largest absolute Gasteiger partial charge is 0.505 e. The van der Waals surface area contributed by atoms with Crippen molar-refractivity contribution in [3.63, 3.8) is 0 Å². The van der Waals surface area contributed by atoms with Crippen molar-refractivity contribution in [3.05, 3.63) is 69.5 Å². The molecule has 5 aromatic rings. The first-order valence-electron chi connectivity index (χ1n) is 8.78. The van der Waals surface area contributed by atoms with Crippen molar-refractivity contribution < 1.29 is 5.11 Å². The number of aromatic nitrogens is 5. The van der Waals surface area contributed by atoms with Crippen molar-refractivity contribution in [2.24, 2.45) is 0 Å². The summed E-state index contributed by atoms with van der Waals surface area (Å²) in [6.07, 6.45) is 2.91. The zero-order valence-electron chi connectivity index (χ0n) is 15.2. The molecule has 3 heterocycles. The van der Waals surface area contributed by atoms with Gasteiger partial charge >= 0.3 is 0 Å². The number of thiazole rings is 1. The Morgan fingerprint density at radius 2 is 1.93 bits per heavy atom. The molecule has 148 valence electrons. The fourth-order valence-corrected chi connectivity index (χ4v) is 4.14. The molecule has 0 aliphatic heterocycles. The van der Waals surface area contributed by atoms with Gasteiger partial charge in [-0.15, -0.1) is 16.4 Å². The third-order valence-electron chi connectivity index (χ3n) is 4.72. The molecule has 0 aliphatic carbocycles. The lowest BCUT2D eigenvalue weighted by atomic mass is 10.0. The second-order valence-electron chi connectivity index (χ2n) is 6.52. The maximum absolute atomic E-state index is 12.4. The molecule has 0 atom stereocenters. The summed E-state index contributed by atoms with van der Waals surface area (Å²) in [6.45, 7) is 0. The van der Waals surface area contributed by atoms with Crippen LogP contribution in [0.3, 0.4) is 0 Å². The van der Waals surface area contributed by atoms with E-state index in [4.69, 9.17) is 17.3 Å². The Balaban J connectivity index is 1.64. The summed E-state index contributed by atoms with van der Waals surface area (Å²) in [5.41, 5.74) is 8.92. The first kappa shape index (κ1) is 18.3. The highest BCUT2D eigenvalue weighted by Crippen LogP contribution is 2.36. The van der Waals surface area contributed by atoms with Crippen LogP contribution in [0, 0.1) is 0 Å². The van der Waals surface area contributed by atoms with Gasteiger partial charge in [0.15, 0.2) is 16.6 Å². The van der Waals surface area contributed by atoms with Gasteiger partial charge in [-0.1, -0.05) is 41.1 Å². The van der Waals surface area contributed by atoms with Crippen LogP contribution in [0.5, 0.6) is 5.75 Å². The van der Waals surface area contributed by atoms with Gasteiger partial charge in [0.1, 0.15) is 0 Å². The molecule has 0 unspecified atom stereocenters. The first-order chi connectivity index (χ1) is 14.5. The standard InChI is InChI=1S/C20H13ClN6O2S/c21-14-8-15-13(18(28)17(19(29)24-15)27-6-5-23-26-27)7-12(14)10-1-3-11(4-2-10)16-9-30-20(22)25-16/h1-9H,(H2,22,25)(H2,24,28,29). The van der Waals surface area contributed by atoms with E-state index in [-0.39, 0.29) is 11.4 Å². The van der Waals surface area contributed by atoms with Gasteiger partial charge < -0.3 is 15.8 Å². The third-order valence-corrected chi connectivity index (χ3v) is 5.70. The van der Waals surface area contributed by atoms with Crippen molar-refractivity contribution in [1.29, 1.82) is 0 Å². The summed E-state index contributed by atoms with van der Waals surface area (Å²) in [4.78, 5) is 19.4. The molecular formula is C20H13ClN6O2S. The van der Waals surface area contributed by atoms with Gasteiger partial charge in [-0.3, -0.25) is 4.79 Å². The highest BCUT2D eigenvalue weighted by Gasteiger charge is 2.17. The smallest absolute Gasteiger partial charge is 0.278 e. The van der Waals surface area contributed by atoms with E-state index in [2.05, 4.69) is 20.3 Å². The van der Waals surface area contributed by atoms with Crippen molar-refractivity contribution in [2.75, 3.05) is 5.73 Å². The first-order valence-corrected chi connectivity index (χ1v) is 10.0. The zero-order valence-corrected chi connectivity index (χ0v) is 16.8. The van der Waals surface area contributed by atoms with Crippen LogP contribution in [-0.2, 0) is 0 Å². The lowest BCUT2D eigenvalue weighted by Gasteiger charge is -2.11. The molecule has 10 heteroatoms. The lowest BCUT2D eigenvalue weighted by molar-refractivity contribution is 0.474. The molecule has 0 spiro atoms. The van der Waals surface area contributed by atoms with Crippen molar-refractivity contribution in [2.45, 2.75) is 0 Å². The van der Waals surface area contributed by atoms with Gasteiger partial charge in [0.2, 0.25) is 0 Å². The number of aromatic amines is 1. The molecule has 4 N–H and O–H groups in total. The fourth-order valence-electron chi connectivity index (χ4n) is 3.29. The number of nitrogens with one attached hydrogen (secondary N) is 1. The van der Waals surface area contributed by atoms with Crippen molar-refractivity contribution >= 4 is 39.0 Å². The molecular weight excluding hydrogens is 424 g/mol. The molecule has 8 nitrogen and oxygen atoms in total. The highest BCUT2D eigenvalue weighted by molar-refractivity contribution is 7.13. The number of aromatic hydroxyl groups is 1. The van der Waals surface area contributed by atoms with Crippen LogP contribution < -0.4 is 11.3 Å². The zero-order chi connectivity index (χ0) is 20.8. The molecule has 0 aliphatic rings. The van der Waals surface area contributed by atoms with Crippen LogP contribution in [-0.4, -0.2) is 30.1 Å². The Bertz CT molecular complexity index is 1440. The van der Waals surface area contributed by atoms with E-state index in [0.29, 0.717) is 26.6 Å². The van der Waals surface area contributed by atoms with E-state index in [1.165, 1.54) is 28.4 Å². The number of fused-ring (bicyclic) bond motifs is 1. The molecule has 0 bridgehead atoms. The Labute approximate surface area is 178 Å². The van der Waals surface area contributed by atoms with E-state index in [1.807, 2.05) is 29.6 Å². The number of nitrogens with two attached hydrogens (primary N) is 1. The average Bonchev–Trinajstić information content (AvgIpc) is 3.40. The number of rotatable bonds is 3. The Morgan fingerprint density at radius 1 is 1.17 bits per heavy atom. The highest BCUT2D eigenvalue weighted by atomic mass is 35.5. The molecule has 3 aromatic heterocycles. The summed E-state index contributed by atoms with van der Waals surface area (Å²) in [5.74, 6) is -0.202. The minimum Gasteiger partial charge on any atom is -0.505 e. The molecule has 0 radical (unpaired) electrons. The number of nitrogen functional groups attached to an aromatic ring is 1. The Kier molecular flexibility index (Phi) is 4.27. The van der Waals surface area contributed by atoms with Crippen LogP contribution in [0.2, 0.25) is 5.02 Å². The number of hydrogen-bond acceptors (Lipinski definition) is 7. The number of halogens is 1. The van der Waals surface area contributed by atoms with Gasteiger partial charge in [-0.05, 0) is 17.7 Å². The normalized spacial score (nSPS) is 11.2. The lowest BCUT2D eigenvalue weighted by Crippen LogP contribution is -2.15. The van der Waals surface area contributed by atoms with E-state index in [9.17, 15) is 9.90 Å². The molecule has 0 fully saturated rings. The van der Waals surface area contributed by atoms with Crippen LogP contribution >= 0.6 is 22.9 Å². The summed E-state index contributed by atoms with van der Waals surface area (Å²) in [5, 5.41) is 21.6. The molecule has 5 rings (SSSR count). The van der Waals surface area contributed by atoms with Crippen molar-refractivity contribution in [3.8, 4) is 33.8 Å². The molecule has 0 amide bonds. The number of pyridine rings is 1. The summed E-state index contributed by atoms with van der Waals surface area (Å²) in [6, 6.07) is 11.0. The SMILES string of the molecule is Nc1nc(-c2ccc(-c3cc4c(O)c(-n5ccnn5)c(=O)[nH]c4cc3Cl)cc2)cs1. The van der Waals surface area contributed by atoms with Gasteiger partial charge in [0, 0.05) is 21.9 Å². The molecule has 0 saturated heterocycles.